The molecular weight excluding hydrogens is 336 g/mol. The third kappa shape index (κ3) is 4.52. The van der Waals surface area contributed by atoms with Crippen molar-refractivity contribution in [3.63, 3.8) is 0 Å². The van der Waals surface area contributed by atoms with Crippen molar-refractivity contribution in [3.8, 4) is 0 Å². The topological polar surface area (TPSA) is 73.8 Å². The summed E-state index contributed by atoms with van der Waals surface area (Å²) in [5, 5.41) is 6.75. The Labute approximate surface area is 150 Å². The molecule has 2 N–H and O–H groups in total. The summed E-state index contributed by atoms with van der Waals surface area (Å²) in [6.45, 7) is 1.89. The van der Waals surface area contributed by atoms with Crippen molar-refractivity contribution in [3.05, 3.63) is 29.8 Å². The van der Waals surface area contributed by atoms with Gasteiger partial charge in [0.15, 0.2) is 5.96 Å². The summed E-state index contributed by atoms with van der Waals surface area (Å²) in [5.41, 5.74) is 1.04. The molecule has 1 aliphatic heterocycles. The zero-order chi connectivity index (χ0) is 17.7. The molecule has 1 saturated heterocycles. The van der Waals surface area contributed by atoms with Crippen LogP contribution >= 0.6 is 0 Å². The molecule has 1 saturated carbocycles. The van der Waals surface area contributed by atoms with Crippen LogP contribution in [-0.4, -0.2) is 44.9 Å². The maximum Gasteiger partial charge on any atom is 0.243 e. The number of nitrogens with zero attached hydrogens (tertiary/aromatic N) is 2. The molecule has 2 fully saturated rings. The van der Waals surface area contributed by atoms with Gasteiger partial charge in [0.25, 0.3) is 0 Å². The second kappa shape index (κ2) is 8.19. The Morgan fingerprint density at radius 3 is 2.36 bits per heavy atom. The van der Waals surface area contributed by atoms with E-state index in [0.29, 0.717) is 30.6 Å². The fourth-order valence-electron chi connectivity index (χ4n) is 3.50. The highest BCUT2D eigenvalue weighted by Gasteiger charge is 2.26. The van der Waals surface area contributed by atoms with Crippen LogP contribution in [0.25, 0.3) is 0 Å². The fourth-order valence-corrected chi connectivity index (χ4v) is 5.02. The van der Waals surface area contributed by atoms with Gasteiger partial charge in [-0.1, -0.05) is 25.0 Å². The summed E-state index contributed by atoms with van der Waals surface area (Å²) in [6.07, 6.45) is 6.86. The van der Waals surface area contributed by atoms with E-state index < -0.39 is 10.0 Å². The summed E-state index contributed by atoms with van der Waals surface area (Å²) in [5.74, 6) is 0.806. The van der Waals surface area contributed by atoms with Crippen LogP contribution in [0.3, 0.4) is 0 Å². The smallest absolute Gasteiger partial charge is 0.243 e. The largest absolute Gasteiger partial charge is 0.354 e. The van der Waals surface area contributed by atoms with Gasteiger partial charge in [-0.15, -0.1) is 0 Å². The number of rotatable bonds is 5. The van der Waals surface area contributed by atoms with Crippen LogP contribution in [0.1, 0.15) is 44.1 Å². The molecule has 1 aromatic rings. The molecule has 1 heterocycles. The van der Waals surface area contributed by atoms with Crippen molar-refractivity contribution in [2.75, 3.05) is 20.1 Å². The predicted molar refractivity (Wildman–Crippen MR) is 100 cm³/mol. The number of hydrogen-bond acceptors (Lipinski definition) is 3. The molecule has 0 aromatic heterocycles. The summed E-state index contributed by atoms with van der Waals surface area (Å²) >= 11 is 0. The lowest BCUT2D eigenvalue weighted by atomic mass is 10.2. The quantitative estimate of drug-likeness (QED) is 0.620. The lowest BCUT2D eigenvalue weighted by Crippen LogP contribution is -2.41. The molecule has 1 aliphatic carbocycles. The van der Waals surface area contributed by atoms with E-state index in [0.717, 1.165) is 24.4 Å². The third-order valence-electron chi connectivity index (χ3n) is 5.01. The molecule has 0 unspecified atom stereocenters. The lowest BCUT2D eigenvalue weighted by Gasteiger charge is -2.17. The standard InChI is InChI=1S/C18H28N4O2S/c1-19-18(21-16-6-2-3-7-16)20-14-15-8-10-17(11-9-15)25(23,24)22-12-4-5-13-22/h8-11,16H,2-7,12-14H2,1H3,(H2,19,20,21). The highest BCUT2D eigenvalue weighted by atomic mass is 32.2. The van der Waals surface area contributed by atoms with Gasteiger partial charge in [0.1, 0.15) is 0 Å². The van der Waals surface area contributed by atoms with Gasteiger partial charge in [-0.2, -0.15) is 4.31 Å². The number of hydrogen-bond donors (Lipinski definition) is 2. The number of guanidine groups is 1. The monoisotopic (exact) mass is 364 g/mol. The Balaban J connectivity index is 1.56. The van der Waals surface area contributed by atoms with Crippen molar-refractivity contribution in [2.45, 2.75) is 56.0 Å². The Morgan fingerprint density at radius 1 is 1.12 bits per heavy atom. The van der Waals surface area contributed by atoms with Gasteiger partial charge >= 0.3 is 0 Å². The van der Waals surface area contributed by atoms with Crippen molar-refractivity contribution >= 4 is 16.0 Å². The van der Waals surface area contributed by atoms with E-state index >= 15 is 0 Å². The lowest BCUT2D eigenvalue weighted by molar-refractivity contribution is 0.477. The van der Waals surface area contributed by atoms with Gasteiger partial charge in [0.05, 0.1) is 4.90 Å². The molecule has 0 amide bonds. The van der Waals surface area contributed by atoms with Crippen LogP contribution < -0.4 is 10.6 Å². The van der Waals surface area contributed by atoms with E-state index in [1.807, 2.05) is 12.1 Å². The van der Waals surface area contributed by atoms with Gasteiger partial charge in [-0.25, -0.2) is 8.42 Å². The van der Waals surface area contributed by atoms with Gasteiger partial charge in [-0.3, -0.25) is 4.99 Å². The normalized spacial score (nSPS) is 20.1. The summed E-state index contributed by atoms with van der Waals surface area (Å²) < 4.78 is 26.6. The number of benzene rings is 1. The van der Waals surface area contributed by atoms with E-state index in [4.69, 9.17) is 0 Å². The molecule has 0 radical (unpaired) electrons. The predicted octanol–water partition coefficient (Wildman–Crippen LogP) is 2.08. The molecule has 1 aromatic carbocycles. The average molecular weight is 365 g/mol. The summed E-state index contributed by atoms with van der Waals surface area (Å²) in [4.78, 5) is 4.65. The molecule has 7 heteroatoms. The summed E-state index contributed by atoms with van der Waals surface area (Å²) in [6, 6.07) is 7.67. The first-order valence-electron chi connectivity index (χ1n) is 9.16. The molecule has 0 bridgehead atoms. The summed E-state index contributed by atoms with van der Waals surface area (Å²) in [7, 11) is -1.56. The van der Waals surface area contributed by atoms with Crippen LogP contribution in [0.4, 0.5) is 0 Å². The zero-order valence-electron chi connectivity index (χ0n) is 14.9. The molecule has 0 atom stereocenters. The molecule has 25 heavy (non-hydrogen) atoms. The highest BCUT2D eigenvalue weighted by molar-refractivity contribution is 7.89. The Hall–Kier alpha value is -1.60. The van der Waals surface area contributed by atoms with Crippen LogP contribution in [0.5, 0.6) is 0 Å². The molecule has 2 aliphatic rings. The van der Waals surface area contributed by atoms with Crippen LogP contribution in [0.2, 0.25) is 0 Å². The molecule has 3 rings (SSSR count). The fraction of sp³-hybridized carbons (Fsp3) is 0.611. The maximum absolute atomic E-state index is 12.5. The highest BCUT2D eigenvalue weighted by Crippen LogP contribution is 2.21. The number of nitrogens with one attached hydrogen (secondary N) is 2. The first-order chi connectivity index (χ1) is 12.1. The average Bonchev–Trinajstić information content (AvgIpc) is 3.32. The Morgan fingerprint density at radius 2 is 1.76 bits per heavy atom. The number of sulfonamides is 1. The van der Waals surface area contributed by atoms with Crippen molar-refractivity contribution in [1.82, 2.24) is 14.9 Å². The van der Waals surface area contributed by atoms with Crippen LogP contribution in [-0.2, 0) is 16.6 Å². The van der Waals surface area contributed by atoms with E-state index in [2.05, 4.69) is 15.6 Å². The maximum atomic E-state index is 12.5. The van der Waals surface area contributed by atoms with E-state index in [1.165, 1.54) is 25.7 Å². The SMILES string of the molecule is CN=C(NCc1ccc(S(=O)(=O)N2CCCC2)cc1)NC1CCCC1. The van der Waals surface area contributed by atoms with Crippen LogP contribution in [0, 0.1) is 0 Å². The zero-order valence-corrected chi connectivity index (χ0v) is 15.7. The van der Waals surface area contributed by atoms with Gasteiger partial charge in [0, 0.05) is 32.7 Å². The third-order valence-corrected chi connectivity index (χ3v) is 6.92. The van der Waals surface area contributed by atoms with Crippen molar-refractivity contribution in [1.29, 1.82) is 0 Å². The van der Waals surface area contributed by atoms with Gasteiger partial charge < -0.3 is 10.6 Å². The molecule has 138 valence electrons. The van der Waals surface area contributed by atoms with E-state index in [1.54, 1.807) is 23.5 Å². The number of aliphatic imine (C=N–C) groups is 1. The molecule has 6 nitrogen and oxygen atoms in total. The first-order valence-corrected chi connectivity index (χ1v) is 10.6. The van der Waals surface area contributed by atoms with Gasteiger partial charge in [-0.05, 0) is 43.4 Å². The van der Waals surface area contributed by atoms with E-state index in [9.17, 15) is 8.42 Å². The molecular formula is C18H28N4O2S. The Kier molecular flexibility index (Phi) is 5.96. The minimum absolute atomic E-state index is 0.381. The minimum atomic E-state index is -3.33. The van der Waals surface area contributed by atoms with Crippen molar-refractivity contribution in [2.24, 2.45) is 4.99 Å². The first kappa shape index (κ1) is 18.2. The Bertz CT molecular complexity index is 688. The van der Waals surface area contributed by atoms with Crippen LogP contribution in [0.15, 0.2) is 34.2 Å². The van der Waals surface area contributed by atoms with Gasteiger partial charge in [0.2, 0.25) is 10.0 Å². The second-order valence-electron chi connectivity index (χ2n) is 6.81. The van der Waals surface area contributed by atoms with Crippen molar-refractivity contribution < 1.29 is 8.42 Å². The van der Waals surface area contributed by atoms with E-state index in [-0.39, 0.29) is 0 Å². The second-order valence-corrected chi connectivity index (χ2v) is 8.74. The molecule has 0 spiro atoms. The minimum Gasteiger partial charge on any atom is -0.354 e.